The molecular weight excluding hydrogens is 450 g/mol. The van der Waals surface area contributed by atoms with Gasteiger partial charge in [-0.2, -0.15) is 12.6 Å². The monoisotopic (exact) mass is 491 g/mol. The van der Waals surface area contributed by atoms with Gasteiger partial charge >= 0.3 is 6.09 Å². The highest BCUT2D eigenvalue weighted by atomic mass is 32.1. The molecule has 1 aliphatic rings. The minimum absolute atomic E-state index is 0.0801. The number of carbonyl (C=O) groups excluding carboxylic acids is 3. The van der Waals surface area contributed by atoms with E-state index in [1.807, 2.05) is 44.2 Å². The third-order valence-corrected chi connectivity index (χ3v) is 6.45. The maximum Gasteiger partial charge on any atom is 0.408 e. The topological polar surface area (TPSA) is 87.7 Å². The van der Waals surface area contributed by atoms with Crippen LogP contribution in [0, 0.1) is 0 Å². The maximum absolute atomic E-state index is 13.8. The van der Waals surface area contributed by atoms with Crippen LogP contribution < -0.4 is 10.6 Å². The molecule has 3 atom stereocenters. The third-order valence-electron chi connectivity index (χ3n) is 6.09. The number of hydrogen-bond donors (Lipinski definition) is 3. The number of nitrogens with zero attached hydrogens (tertiary/aromatic N) is 1. The third kappa shape index (κ3) is 8.22. The molecule has 0 spiro atoms. The lowest BCUT2D eigenvalue weighted by atomic mass is 9.94. The number of ether oxygens (including phenoxy) is 1. The number of carbonyl (C=O) groups is 3. The largest absolute Gasteiger partial charge is 0.444 e. The van der Waals surface area contributed by atoms with E-state index in [4.69, 9.17) is 4.74 Å². The molecule has 7 nitrogen and oxygen atoms in total. The lowest BCUT2D eigenvalue weighted by Crippen LogP contribution is -2.56. The molecule has 8 heteroatoms. The molecule has 0 aromatic heterocycles. The molecule has 0 radical (unpaired) electrons. The fraction of sp³-hybridized carbons (Fsp3) is 0.654. The van der Waals surface area contributed by atoms with Crippen LogP contribution in [0.25, 0.3) is 0 Å². The Morgan fingerprint density at radius 1 is 1.12 bits per heavy atom. The zero-order valence-corrected chi connectivity index (χ0v) is 22.1. The smallest absolute Gasteiger partial charge is 0.408 e. The summed E-state index contributed by atoms with van der Waals surface area (Å²) in [7, 11) is 0. The fourth-order valence-corrected chi connectivity index (χ4v) is 4.46. The molecule has 3 unspecified atom stereocenters. The van der Waals surface area contributed by atoms with Crippen LogP contribution in [-0.2, 0) is 14.3 Å². The van der Waals surface area contributed by atoms with Crippen molar-refractivity contribution in [2.24, 2.45) is 0 Å². The summed E-state index contributed by atoms with van der Waals surface area (Å²) < 4.78 is 5.35. The first-order valence-electron chi connectivity index (χ1n) is 12.3. The molecule has 34 heavy (non-hydrogen) atoms. The van der Waals surface area contributed by atoms with E-state index in [2.05, 4.69) is 23.3 Å². The van der Waals surface area contributed by atoms with Gasteiger partial charge in [0.2, 0.25) is 11.8 Å². The zero-order valence-electron chi connectivity index (χ0n) is 21.2. The highest BCUT2D eigenvalue weighted by molar-refractivity contribution is 7.80. The minimum Gasteiger partial charge on any atom is -0.444 e. The van der Waals surface area contributed by atoms with Gasteiger partial charge in [0, 0.05) is 17.8 Å². The normalized spacial score (nSPS) is 17.2. The van der Waals surface area contributed by atoms with Crippen LogP contribution in [0.4, 0.5) is 4.79 Å². The zero-order chi connectivity index (χ0) is 25.3. The Morgan fingerprint density at radius 3 is 2.26 bits per heavy atom. The summed E-state index contributed by atoms with van der Waals surface area (Å²) in [4.78, 5) is 41.5. The molecule has 2 N–H and O–H groups in total. The van der Waals surface area contributed by atoms with Gasteiger partial charge in [-0.05, 0) is 52.5 Å². The van der Waals surface area contributed by atoms with Crippen molar-refractivity contribution in [3.05, 3.63) is 35.9 Å². The van der Waals surface area contributed by atoms with Gasteiger partial charge in [-0.3, -0.25) is 9.59 Å². The minimum atomic E-state index is -0.930. The highest BCUT2D eigenvalue weighted by Crippen LogP contribution is 2.27. The van der Waals surface area contributed by atoms with Crippen molar-refractivity contribution in [2.75, 3.05) is 5.75 Å². The molecule has 1 aromatic carbocycles. The number of rotatable bonds is 9. The van der Waals surface area contributed by atoms with E-state index < -0.39 is 23.8 Å². The van der Waals surface area contributed by atoms with Crippen molar-refractivity contribution in [3.8, 4) is 0 Å². The average Bonchev–Trinajstić information content (AvgIpc) is 2.80. The van der Waals surface area contributed by atoms with Gasteiger partial charge in [0.05, 0.1) is 0 Å². The lowest BCUT2D eigenvalue weighted by Gasteiger charge is -2.38. The predicted molar refractivity (Wildman–Crippen MR) is 138 cm³/mol. The SMILES string of the molecule is CCC(C)N(C(=O)C(CS)NC(=O)OC(C)(C)C)C(C(=O)NC1CCCCC1)c1ccccc1. The second kappa shape index (κ2) is 13.0. The molecule has 0 heterocycles. The molecule has 1 aromatic rings. The van der Waals surface area contributed by atoms with Gasteiger partial charge in [0.25, 0.3) is 0 Å². The van der Waals surface area contributed by atoms with Crippen molar-refractivity contribution in [2.45, 2.75) is 103 Å². The van der Waals surface area contributed by atoms with Gasteiger partial charge in [-0.25, -0.2) is 4.79 Å². The van der Waals surface area contributed by atoms with Crippen LogP contribution in [0.3, 0.4) is 0 Å². The summed E-state index contributed by atoms with van der Waals surface area (Å²) in [6.07, 6.45) is 5.23. The van der Waals surface area contributed by atoms with E-state index in [1.165, 1.54) is 6.42 Å². The summed E-state index contributed by atoms with van der Waals surface area (Å²) in [5, 5.41) is 5.85. The van der Waals surface area contributed by atoms with Gasteiger partial charge in [0.15, 0.2) is 0 Å². The molecule has 3 amide bonds. The molecule has 190 valence electrons. The molecule has 1 saturated carbocycles. The summed E-state index contributed by atoms with van der Waals surface area (Å²) in [6, 6.07) is 7.48. The second-order valence-electron chi connectivity index (χ2n) is 10.0. The summed E-state index contributed by atoms with van der Waals surface area (Å²) in [5.41, 5.74) is 0.0385. The molecule has 1 fully saturated rings. The number of hydrogen-bond acceptors (Lipinski definition) is 5. The highest BCUT2D eigenvalue weighted by Gasteiger charge is 2.38. The van der Waals surface area contributed by atoms with Crippen molar-refractivity contribution in [1.82, 2.24) is 15.5 Å². The van der Waals surface area contributed by atoms with E-state index in [1.54, 1.807) is 25.7 Å². The van der Waals surface area contributed by atoms with Crippen LogP contribution in [0.2, 0.25) is 0 Å². The molecule has 0 aliphatic heterocycles. The van der Waals surface area contributed by atoms with Crippen LogP contribution in [0.15, 0.2) is 30.3 Å². The van der Waals surface area contributed by atoms with E-state index in [9.17, 15) is 14.4 Å². The number of thiol groups is 1. The summed E-state index contributed by atoms with van der Waals surface area (Å²) in [5.74, 6) is -0.471. The Morgan fingerprint density at radius 2 is 1.74 bits per heavy atom. The standard InChI is InChI=1S/C26H41N3O4S/c1-6-18(2)29(24(31)21(17-34)28-25(32)33-26(3,4)5)22(19-13-9-7-10-14-19)23(30)27-20-15-11-8-12-16-20/h7,9-10,13-14,18,20-22,34H,6,8,11-12,15-17H2,1-5H3,(H,27,30)(H,28,32). The molecule has 1 aliphatic carbocycles. The lowest BCUT2D eigenvalue weighted by molar-refractivity contribution is -0.145. The number of alkyl carbamates (subject to hydrolysis) is 1. The first-order valence-corrected chi connectivity index (χ1v) is 13.0. The van der Waals surface area contributed by atoms with E-state index >= 15 is 0 Å². The van der Waals surface area contributed by atoms with Gasteiger partial charge in [-0.1, -0.05) is 56.5 Å². The molecule has 0 bridgehead atoms. The van der Waals surface area contributed by atoms with E-state index in [0.717, 1.165) is 31.2 Å². The summed E-state index contributed by atoms with van der Waals surface area (Å²) in [6.45, 7) is 9.18. The average molecular weight is 492 g/mol. The second-order valence-corrected chi connectivity index (χ2v) is 10.4. The Labute approximate surface area is 209 Å². The first-order chi connectivity index (χ1) is 16.1. The van der Waals surface area contributed by atoms with Gasteiger partial charge in [0.1, 0.15) is 17.7 Å². The van der Waals surface area contributed by atoms with Crippen molar-refractivity contribution in [1.29, 1.82) is 0 Å². The molecule has 0 saturated heterocycles. The van der Waals surface area contributed by atoms with Crippen molar-refractivity contribution >= 4 is 30.5 Å². The molecular formula is C26H41N3O4S. The Bertz CT molecular complexity index is 806. The number of benzene rings is 1. The molecule has 2 rings (SSSR count). The quantitative estimate of drug-likeness (QED) is 0.440. The fourth-order valence-electron chi connectivity index (χ4n) is 4.21. The van der Waals surface area contributed by atoms with E-state index in [0.29, 0.717) is 6.42 Å². The Kier molecular flexibility index (Phi) is 10.7. The van der Waals surface area contributed by atoms with Crippen molar-refractivity contribution < 1.29 is 19.1 Å². The van der Waals surface area contributed by atoms with E-state index in [-0.39, 0.29) is 29.7 Å². The maximum atomic E-state index is 13.8. The van der Waals surface area contributed by atoms with Crippen molar-refractivity contribution in [3.63, 3.8) is 0 Å². The Hall–Kier alpha value is -2.22. The van der Waals surface area contributed by atoms with Crippen LogP contribution in [0.1, 0.15) is 84.7 Å². The van der Waals surface area contributed by atoms with Crippen LogP contribution in [-0.4, -0.2) is 52.3 Å². The van der Waals surface area contributed by atoms with Crippen LogP contribution >= 0.6 is 12.6 Å². The number of nitrogens with one attached hydrogen (secondary N) is 2. The number of amides is 3. The van der Waals surface area contributed by atoms with Gasteiger partial charge in [-0.15, -0.1) is 0 Å². The first kappa shape index (κ1) is 28.0. The van der Waals surface area contributed by atoms with Gasteiger partial charge < -0.3 is 20.3 Å². The Balaban J connectivity index is 2.37. The predicted octanol–water partition coefficient (Wildman–Crippen LogP) is 4.63. The summed E-state index contributed by atoms with van der Waals surface area (Å²) >= 11 is 4.33. The van der Waals surface area contributed by atoms with Crippen LogP contribution in [0.5, 0.6) is 0 Å².